The van der Waals surface area contributed by atoms with Crippen LogP contribution in [0.2, 0.25) is 0 Å². The second-order valence-corrected chi connectivity index (χ2v) is 27.2. The molecule has 7 atom stereocenters. The molecule has 0 aromatic carbocycles. The molecule has 1 rings (SSSR count). The molecule has 0 saturated carbocycles. The van der Waals surface area contributed by atoms with Gasteiger partial charge >= 0.3 is 0 Å². The van der Waals surface area contributed by atoms with Gasteiger partial charge in [0.2, 0.25) is 5.91 Å². The summed E-state index contributed by atoms with van der Waals surface area (Å²) in [6.07, 6.45) is 84.3. The summed E-state index contributed by atoms with van der Waals surface area (Å²) in [4.78, 5) is 13.2. The van der Waals surface area contributed by atoms with E-state index in [-0.39, 0.29) is 12.5 Å². The fraction of sp³-hybridized carbons (Fsp3) is 0.910. The minimum absolute atomic E-state index is 0.169. The van der Waals surface area contributed by atoms with Gasteiger partial charge in [-0.1, -0.05) is 378 Å². The quantitative estimate of drug-likeness (QED) is 0.0261. The zero-order valence-electron chi connectivity index (χ0n) is 57.8. The molecule has 1 fully saturated rings. The van der Waals surface area contributed by atoms with Crippen molar-refractivity contribution in [2.45, 2.75) is 442 Å². The van der Waals surface area contributed by atoms with Crippen molar-refractivity contribution in [1.29, 1.82) is 0 Å². The van der Waals surface area contributed by atoms with Crippen LogP contribution in [0.5, 0.6) is 0 Å². The van der Waals surface area contributed by atoms with Gasteiger partial charge in [0.05, 0.1) is 25.4 Å². The number of unbranched alkanes of at least 4 members (excludes halogenated alkanes) is 55. The van der Waals surface area contributed by atoms with Gasteiger partial charge in [-0.2, -0.15) is 0 Å². The van der Waals surface area contributed by atoms with Crippen molar-refractivity contribution in [3.8, 4) is 0 Å². The van der Waals surface area contributed by atoms with E-state index in [0.717, 1.165) is 44.9 Å². The van der Waals surface area contributed by atoms with Crippen LogP contribution in [0.4, 0.5) is 0 Å². The first-order valence-corrected chi connectivity index (χ1v) is 38.7. The smallest absolute Gasteiger partial charge is 0.220 e. The Morgan fingerprint density at radius 1 is 0.391 bits per heavy atom. The number of rotatable bonds is 69. The minimum atomic E-state index is -1.57. The first-order valence-electron chi connectivity index (χ1n) is 38.7. The topological polar surface area (TPSA) is 149 Å². The van der Waals surface area contributed by atoms with Gasteiger partial charge in [0.15, 0.2) is 6.29 Å². The lowest BCUT2D eigenvalue weighted by atomic mass is 9.99. The van der Waals surface area contributed by atoms with E-state index in [4.69, 9.17) is 9.47 Å². The molecule has 0 bridgehead atoms. The third-order valence-electron chi connectivity index (χ3n) is 18.7. The summed E-state index contributed by atoms with van der Waals surface area (Å²) in [5.41, 5.74) is 0. The Morgan fingerprint density at radius 3 is 0.989 bits per heavy atom. The lowest BCUT2D eigenvalue weighted by Gasteiger charge is -2.40. The summed E-state index contributed by atoms with van der Waals surface area (Å²) < 4.78 is 11.3. The molecule has 1 heterocycles. The Balaban J connectivity index is 2.06. The number of carbonyl (C=O) groups excluding carboxylic acids is 1. The number of hydrogen-bond donors (Lipinski definition) is 6. The molecular formula is C78H149NO8. The zero-order valence-corrected chi connectivity index (χ0v) is 57.8. The fourth-order valence-corrected chi connectivity index (χ4v) is 12.7. The molecule has 1 amide bonds. The van der Waals surface area contributed by atoms with Gasteiger partial charge in [-0.05, 0) is 51.4 Å². The van der Waals surface area contributed by atoms with Crippen LogP contribution in [-0.4, -0.2) is 87.5 Å². The molecule has 87 heavy (non-hydrogen) atoms. The Hall–Kier alpha value is -1.59. The summed E-state index contributed by atoms with van der Waals surface area (Å²) in [7, 11) is 0. The highest BCUT2D eigenvalue weighted by Crippen LogP contribution is 2.24. The van der Waals surface area contributed by atoms with Crippen LogP contribution < -0.4 is 5.32 Å². The minimum Gasteiger partial charge on any atom is -0.394 e. The normalized spacial score (nSPS) is 18.1. The Bertz CT molecular complexity index is 1470. The second kappa shape index (κ2) is 67.3. The first-order chi connectivity index (χ1) is 42.8. The van der Waals surface area contributed by atoms with Crippen LogP contribution in [-0.2, 0) is 14.3 Å². The zero-order chi connectivity index (χ0) is 62.8. The van der Waals surface area contributed by atoms with Crippen molar-refractivity contribution in [2.75, 3.05) is 13.2 Å². The molecule has 0 aliphatic carbocycles. The summed E-state index contributed by atoms with van der Waals surface area (Å²) in [5.74, 6) is -0.169. The maximum Gasteiger partial charge on any atom is 0.220 e. The van der Waals surface area contributed by atoms with E-state index in [9.17, 15) is 30.3 Å². The van der Waals surface area contributed by atoms with E-state index in [1.807, 2.05) is 6.08 Å². The molecule has 9 nitrogen and oxygen atoms in total. The molecule has 7 unspecified atom stereocenters. The molecule has 0 radical (unpaired) electrons. The summed E-state index contributed by atoms with van der Waals surface area (Å²) >= 11 is 0. The number of amides is 1. The maximum absolute atomic E-state index is 13.2. The first kappa shape index (κ1) is 83.4. The standard InChI is InChI=1S/C78H149NO8/c1-3-5-7-9-11-13-15-17-19-21-23-25-27-29-30-31-32-33-34-35-36-37-38-39-40-41-42-44-46-48-50-52-54-56-58-60-62-64-66-68-74(82)79-71(70-86-78-77(85)76(84)75(83)73(69-80)87-78)72(81)67-65-63-61-59-57-55-53-51-49-47-45-43-28-26-24-22-20-18-16-14-12-10-8-6-4-2/h32-33,35-36,65,67,71-73,75-78,80-81,83-85H,3-31,34,37-64,66,68-70H2,1-2H3,(H,79,82)/b33-32-,36-35-,67-65+. The van der Waals surface area contributed by atoms with Gasteiger partial charge in [-0.25, -0.2) is 0 Å². The van der Waals surface area contributed by atoms with Gasteiger partial charge in [-0.15, -0.1) is 0 Å². The molecule has 1 aliphatic rings. The van der Waals surface area contributed by atoms with E-state index in [0.29, 0.717) is 6.42 Å². The van der Waals surface area contributed by atoms with E-state index >= 15 is 0 Å². The van der Waals surface area contributed by atoms with E-state index in [1.54, 1.807) is 6.08 Å². The second-order valence-electron chi connectivity index (χ2n) is 27.2. The molecule has 1 saturated heterocycles. The molecule has 514 valence electrons. The highest BCUT2D eigenvalue weighted by molar-refractivity contribution is 5.76. The highest BCUT2D eigenvalue weighted by atomic mass is 16.7. The van der Waals surface area contributed by atoms with Crippen LogP contribution in [0.1, 0.15) is 399 Å². The number of ether oxygens (including phenoxy) is 2. The predicted octanol–water partition coefficient (Wildman–Crippen LogP) is 21.8. The molecule has 0 spiro atoms. The number of carbonyl (C=O) groups is 1. The van der Waals surface area contributed by atoms with Gasteiger partial charge in [0.25, 0.3) is 0 Å². The Labute approximate surface area is 540 Å². The Morgan fingerprint density at radius 2 is 0.678 bits per heavy atom. The number of nitrogens with one attached hydrogen (secondary N) is 1. The van der Waals surface area contributed by atoms with Gasteiger partial charge in [-0.3, -0.25) is 4.79 Å². The third-order valence-corrected chi connectivity index (χ3v) is 18.7. The fourth-order valence-electron chi connectivity index (χ4n) is 12.7. The largest absolute Gasteiger partial charge is 0.394 e. The SMILES string of the molecule is CCCCCCCCCCCCCCCCC/C=C\C/C=C\CCCCCCCCCCCCCCCCCCCC(=O)NC(COC1OC(CO)C(O)C(O)C1O)C(O)/C=C/CCCCCCCCCCCCCCCCCCCCCCCCC. The summed E-state index contributed by atoms with van der Waals surface area (Å²) in [5, 5.41) is 54.9. The lowest BCUT2D eigenvalue weighted by molar-refractivity contribution is -0.302. The summed E-state index contributed by atoms with van der Waals surface area (Å²) in [6.45, 7) is 3.84. The lowest BCUT2D eigenvalue weighted by Crippen LogP contribution is -2.60. The molecule has 6 N–H and O–H groups in total. The highest BCUT2D eigenvalue weighted by Gasteiger charge is 2.44. The Kier molecular flexibility index (Phi) is 64.5. The van der Waals surface area contributed by atoms with Crippen LogP contribution >= 0.6 is 0 Å². The van der Waals surface area contributed by atoms with Crippen molar-refractivity contribution >= 4 is 5.91 Å². The van der Waals surface area contributed by atoms with Crippen LogP contribution in [0.25, 0.3) is 0 Å². The van der Waals surface area contributed by atoms with Crippen molar-refractivity contribution < 1.29 is 39.8 Å². The molecular weight excluding hydrogens is 1080 g/mol. The predicted molar refractivity (Wildman–Crippen MR) is 373 cm³/mol. The third kappa shape index (κ3) is 55.7. The van der Waals surface area contributed by atoms with Gasteiger partial charge in [0.1, 0.15) is 24.4 Å². The van der Waals surface area contributed by atoms with E-state index in [1.165, 1.54) is 334 Å². The van der Waals surface area contributed by atoms with Crippen LogP contribution in [0, 0.1) is 0 Å². The molecule has 0 aromatic rings. The van der Waals surface area contributed by atoms with Gasteiger partial charge in [0, 0.05) is 6.42 Å². The number of allylic oxidation sites excluding steroid dienone is 5. The molecule has 9 heteroatoms. The number of aliphatic hydroxyl groups is 5. The maximum atomic E-state index is 13.2. The summed E-state index contributed by atoms with van der Waals surface area (Å²) in [6, 6.07) is -0.806. The average molecular weight is 1230 g/mol. The van der Waals surface area contributed by atoms with Crippen molar-refractivity contribution in [3.63, 3.8) is 0 Å². The molecule has 0 aromatic heterocycles. The van der Waals surface area contributed by atoms with E-state index in [2.05, 4.69) is 43.5 Å². The van der Waals surface area contributed by atoms with Crippen LogP contribution in [0.3, 0.4) is 0 Å². The monoisotopic (exact) mass is 1230 g/mol. The average Bonchev–Trinajstić information content (AvgIpc) is 3.38. The van der Waals surface area contributed by atoms with Gasteiger partial charge < -0.3 is 40.3 Å². The van der Waals surface area contributed by atoms with Crippen molar-refractivity contribution in [1.82, 2.24) is 5.32 Å². The van der Waals surface area contributed by atoms with Crippen molar-refractivity contribution in [2.24, 2.45) is 0 Å². The van der Waals surface area contributed by atoms with E-state index < -0.39 is 49.5 Å². The number of aliphatic hydroxyl groups excluding tert-OH is 5. The van der Waals surface area contributed by atoms with Crippen LogP contribution in [0.15, 0.2) is 36.5 Å². The number of hydrogen-bond acceptors (Lipinski definition) is 8. The van der Waals surface area contributed by atoms with Crippen molar-refractivity contribution in [3.05, 3.63) is 36.5 Å². The molecule has 1 aliphatic heterocycles.